The number of imide groups is 1. The molecule has 3 amide bonds. The molecule has 0 spiro atoms. The maximum Gasteiger partial charge on any atom is 0.321 e. The summed E-state index contributed by atoms with van der Waals surface area (Å²) in [6.45, 7) is 7.88. The number of nitrogens with one attached hydrogen (secondary N) is 2. The fourth-order valence-corrected chi connectivity index (χ4v) is 1.71. The lowest BCUT2D eigenvalue weighted by molar-refractivity contribution is -0.141. The lowest BCUT2D eigenvalue weighted by atomic mass is 10.1. The van der Waals surface area contributed by atoms with Gasteiger partial charge in [0.05, 0.1) is 12.5 Å². The molecule has 0 saturated carbocycles. The van der Waals surface area contributed by atoms with E-state index in [1.165, 1.54) is 25.7 Å². The highest BCUT2D eigenvalue weighted by atomic mass is 16.7. The number of rotatable bonds is 11. The van der Waals surface area contributed by atoms with Crippen molar-refractivity contribution >= 4 is 17.9 Å². The molecule has 1 rings (SSSR count). The summed E-state index contributed by atoms with van der Waals surface area (Å²) in [6, 6.07) is -0.398. The lowest BCUT2D eigenvalue weighted by Crippen LogP contribution is -2.22. The average molecular weight is 373 g/mol. The van der Waals surface area contributed by atoms with Crippen molar-refractivity contribution in [2.24, 2.45) is 11.3 Å². The number of urea groups is 1. The van der Waals surface area contributed by atoms with Crippen LogP contribution in [-0.2, 0) is 14.4 Å². The smallest absolute Gasteiger partial charge is 0.321 e. The van der Waals surface area contributed by atoms with Gasteiger partial charge in [-0.25, -0.2) is 4.79 Å². The molecule has 1 unspecified atom stereocenters. The minimum absolute atomic E-state index is 0.124. The van der Waals surface area contributed by atoms with Crippen LogP contribution >= 0.6 is 0 Å². The average Bonchev–Trinajstić information content (AvgIpc) is 2.98. The topological polar surface area (TPSA) is 134 Å². The Hall–Kier alpha value is -2.45. The second-order valence-corrected chi connectivity index (χ2v) is 5.67. The first-order valence-corrected chi connectivity index (χ1v) is 8.74. The van der Waals surface area contributed by atoms with E-state index >= 15 is 0 Å². The van der Waals surface area contributed by atoms with Crippen LogP contribution in [0.25, 0.3) is 0 Å². The number of amides is 3. The molecule has 1 atom stereocenters. The van der Waals surface area contributed by atoms with Gasteiger partial charge < -0.3 is 15.3 Å². The summed E-state index contributed by atoms with van der Waals surface area (Å²) in [5.41, 5.74) is 0. The van der Waals surface area contributed by atoms with Crippen LogP contribution in [-0.4, -0.2) is 36.2 Å². The van der Waals surface area contributed by atoms with E-state index in [9.17, 15) is 19.3 Å². The maximum absolute atomic E-state index is 10.1. The number of carboxylic acids is 1. The molecular formula is C17H31N3O6. The number of hydrogen-bond donors (Lipinski definition) is 3. The molecule has 9 nitrogen and oxygen atoms in total. The molecule has 0 radical (unpaired) electrons. The van der Waals surface area contributed by atoms with Crippen LogP contribution in [0.3, 0.4) is 0 Å². The molecule has 1 heterocycles. The number of unbranched alkanes of at least 4 members (excludes halogenated alkanes) is 5. The van der Waals surface area contributed by atoms with E-state index in [0.717, 1.165) is 12.8 Å². The molecule has 0 aromatic heterocycles. The van der Waals surface area contributed by atoms with E-state index in [0.29, 0.717) is 13.0 Å². The SMILES string of the molecule is C=CCC(C)C(=O)O.CCCCCCCCON=O.O=C1CNC(=O)N1. The summed E-state index contributed by atoms with van der Waals surface area (Å²) >= 11 is 0. The standard InChI is InChI=1S/C8H17NO2.C6H10O2.C3H4N2O2/c1-2-3-4-5-6-7-8-11-9-10;1-3-4-5(2)6(7)8;6-2-1-4-3(7)5-2/h2-8H2,1H3;3,5H,1,4H2,2H3,(H,7,8);1H2,(H2,4,5,6,7). The van der Waals surface area contributed by atoms with Crippen LogP contribution in [0, 0.1) is 10.8 Å². The molecule has 9 heteroatoms. The fraction of sp³-hybridized carbons (Fsp3) is 0.706. The van der Waals surface area contributed by atoms with Crippen LogP contribution in [0.15, 0.2) is 18.0 Å². The van der Waals surface area contributed by atoms with Crippen molar-refractivity contribution in [1.82, 2.24) is 10.6 Å². The zero-order chi connectivity index (χ0) is 20.2. The number of aliphatic carboxylic acids is 1. The number of allylic oxidation sites excluding steroid dienone is 1. The van der Waals surface area contributed by atoms with Crippen molar-refractivity contribution in [3.05, 3.63) is 17.6 Å². The van der Waals surface area contributed by atoms with Crippen molar-refractivity contribution in [2.75, 3.05) is 13.2 Å². The minimum Gasteiger partial charge on any atom is -0.481 e. The van der Waals surface area contributed by atoms with E-state index in [2.05, 4.69) is 29.0 Å². The second kappa shape index (κ2) is 18.9. The Bertz CT molecular complexity index is 415. The largest absolute Gasteiger partial charge is 0.481 e. The van der Waals surface area contributed by atoms with Crippen molar-refractivity contribution in [3.8, 4) is 0 Å². The van der Waals surface area contributed by atoms with Crippen molar-refractivity contribution in [3.63, 3.8) is 0 Å². The lowest BCUT2D eigenvalue weighted by Gasteiger charge is -1.97. The van der Waals surface area contributed by atoms with Crippen molar-refractivity contribution in [1.29, 1.82) is 0 Å². The summed E-state index contributed by atoms with van der Waals surface area (Å²) in [4.78, 5) is 43.9. The molecule has 0 aromatic rings. The molecule has 1 aliphatic rings. The summed E-state index contributed by atoms with van der Waals surface area (Å²) in [5, 5.41) is 14.9. The normalized spacial score (nSPS) is 13.0. The summed E-state index contributed by atoms with van der Waals surface area (Å²) < 4.78 is 0. The Kier molecular flexibility index (Phi) is 18.7. The van der Waals surface area contributed by atoms with Gasteiger partial charge in [0.1, 0.15) is 6.61 Å². The van der Waals surface area contributed by atoms with E-state index in [-0.39, 0.29) is 18.4 Å². The van der Waals surface area contributed by atoms with Crippen molar-refractivity contribution in [2.45, 2.75) is 58.8 Å². The van der Waals surface area contributed by atoms with Gasteiger partial charge in [-0.1, -0.05) is 45.6 Å². The van der Waals surface area contributed by atoms with Gasteiger partial charge in [-0.05, 0) is 19.3 Å². The predicted octanol–water partition coefficient (Wildman–Crippen LogP) is 3.15. The summed E-state index contributed by atoms with van der Waals surface area (Å²) in [7, 11) is 0. The Labute approximate surface area is 154 Å². The van der Waals surface area contributed by atoms with Crippen LogP contribution in [0.4, 0.5) is 4.79 Å². The highest BCUT2D eigenvalue weighted by molar-refractivity contribution is 6.01. The van der Waals surface area contributed by atoms with Gasteiger partial charge in [0, 0.05) is 0 Å². The summed E-state index contributed by atoms with van der Waals surface area (Å²) in [6.07, 6.45) is 9.39. The molecular weight excluding hydrogens is 342 g/mol. The maximum atomic E-state index is 10.1. The highest BCUT2D eigenvalue weighted by Crippen LogP contribution is 2.04. The van der Waals surface area contributed by atoms with Gasteiger partial charge in [-0.2, -0.15) is 0 Å². The molecule has 0 aromatic carbocycles. The van der Waals surface area contributed by atoms with Crippen LogP contribution in [0.2, 0.25) is 0 Å². The Morgan fingerprint density at radius 2 is 1.92 bits per heavy atom. The number of carbonyl (C=O) groups is 3. The van der Waals surface area contributed by atoms with Crippen LogP contribution < -0.4 is 10.6 Å². The first kappa shape index (κ1) is 25.8. The van der Waals surface area contributed by atoms with E-state index in [1.807, 2.05) is 5.32 Å². The monoisotopic (exact) mass is 373 g/mol. The molecule has 1 aliphatic heterocycles. The summed E-state index contributed by atoms with van der Waals surface area (Å²) in [5.74, 6) is -1.30. The van der Waals surface area contributed by atoms with Gasteiger partial charge in [0.2, 0.25) is 5.91 Å². The van der Waals surface area contributed by atoms with E-state index in [1.54, 1.807) is 13.0 Å². The van der Waals surface area contributed by atoms with Gasteiger partial charge in [0.15, 0.2) is 5.34 Å². The van der Waals surface area contributed by atoms with Gasteiger partial charge in [-0.15, -0.1) is 11.5 Å². The first-order valence-electron chi connectivity index (χ1n) is 8.74. The molecule has 0 bridgehead atoms. The zero-order valence-electron chi connectivity index (χ0n) is 15.7. The molecule has 1 fully saturated rings. The van der Waals surface area contributed by atoms with Crippen LogP contribution in [0.5, 0.6) is 0 Å². The molecule has 150 valence electrons. The van der Waals surface area contributed by atoms with E-state index < -0.39 is 12.0 Å². The number of nitrogens with zero attached hydrogens (tertiary/aromatic N) is 1. The van der Waals surface area contributed by atoms with Gasteiger partial charge >= 0.3 is 12.0 Å². The Morgan fingerprint density at radius 3 is 2.27 bits per heavy atom. The molecule has 0 aliphatic carbocycles. The number of carboxylic acid groups (broad SMARTS) is 1. The molecule has 1 saturated heterocycles. The quantitative estimate of drug-likeness (QED) is 0.167. The Morgan fingerprint density at radius 1 is 1.31 bits per heavy atom. The van der Waals surface area contributed by atoms with Crippen LogP contribution in [0.1, 0.15) is 58.8 Å². The number of carbonyl (C=O) groups excluding carboxylic acids is 2. The third-order valence-corrected chi connectivity index (χ3v) is 3.25. The molecule has 3 N–H and O–H groups in total. The van der Waals surface area contributed by atoms with Crippen molar-refractivity contribution < 1.29 is 24.3 Å². The third kappa shape index (κ3) is 19.6. The predicted molar refractivity (Wildman–Crippen MR) is 98.3 cm³/mol. The van der Waals surface area contributed by atoms with E-state index in [4.69, 9.17) is 5.11 Å². The van der Waals surface area contributed by atoms with Gasteiger partial charge in [-0.3, -0.25) is 14.9 Å². The first-order chi connectivity index (χ1) is 12.4. The number of hydrogen-bond acceptors (Lipinski definition) is 6. The fourth-order valence-electron chi connectivity index (χ4n) is 1.71. The van der Waals surface area contributed by atoms with Gasteiger partial charge in [0.25, 0.3) is 0 Å². The third-order valence-electron chi connectivity index (χ3n) is 3.25. The highest BCUT2D eigenvalue weighted by Gasteiger charge is 2.14. The minimum atomic E-state index is -0.759. The second-order valence-electron chi connectivity index (χ2n) is 5.67. The molecule has 26 heavy (non-hydrogen) atoms. The zero-order valence-corrected chi connectivity index (χ0v) is 15.7. The Balaban J connectivity index is 0.